The molecule has 0 amide bonds. The second-order valence-corrected chi connectivity index (χ2v) is 3.56. The molecule has 0 saturated heterocycles. The molecule has 0 atom stereocenters. The van der Waals surface area contributed by atoms with Crippen molar-refractivity contribution in [1.29, 1.82) is 0 Å². The molecule has 1 aliphatic rings. The average Bonchev–Trinajstić information content (AvgIpc) is 2.20. The Morgan fingerprint density at radius 2 is 2.14 bits per heavy atom. The van der Waals surface area contributed by atoms with Crippen LogP contribution in [0.5, 0.6) is 0 Å². The third kappa shape index (κ3) is 3.21. The Bertz CT molecular complexity index is 322. The minimum Gasteiger partial charge on any atom is -0.0961 e. The Balaban J connectivity index is 2.78. The highest BCUT2D eigenvalue weighted by atomic mass is 14.0. The molecule has 0 radical (unpaired) electrons. The molecule has 0 saturated carbocycles. The first-order valence-corrected chi connectivity index (χ1v) is 5.11. The summed E-state index contributed by atoms with van der Waals surface area (Å²) in [5, 5.41) is 0. The van der Waals surface area contributed by atoms with Crippen molar-refractivity contribution < 1.29 is 0 Å². The summed E-state index contributed by atoms with van der Waals surface area (Å²) in [7, 11) is 0. The summed E-state index contributed by atoms with van der Waals surface area (Å²) in [6.45, 7) is 7.93. The Morgan fingerprint density at radius 3 is 2.64 bits per heavy atom. The highest BCUT2D eigenvalue weighted by molar-refractivity contribution is 5.48. The Morgan fingerprint density at radius 1 is 1.36 bits per heavy atom. The topological polar surface area (TPSA) is 0 Å². The third-order valence-electron chi connectivity index (χ3n) is 2.19. The van der Waals surface area contributed by atoms with E-state index in [-0.39, 0.29) is 0 Å². The van der Waals surface area contributed by atoms with Crippen molar-refractivity contribution in [3.63, 3.8) is 0 Å². The van der Waals surface area contributed by atoms with Crippen molar-refractivity contribution in [2.75, 3.05) is 0 Å². The molecule has 0 nitrogen and oxygen atoms in total. The van der Waals surface area contributed by atoms with E-state index >= 15 is 0 Å². The SMILES string of the molecule is C=C(C)/C=C\C(=C/C)C1=CCCC=C1. The van der Waals surface area contributed by atoms with Gasteiger partial charge in [-0.05, 0) is 37.8 Å². The van der Waals surface area contributed by atoms with Gasteiger partial charge < -0.3 is 0 Å². The monoisotopic (exact) mass is 186 g/mol. The molecule has 0 heterocycles. The van der Waals surface area contributed by atoms with E-state index in [9.17, 15) is 0 Å². The summed E-state index contributed by atoms with van der Waals surface area (Å²) in [4.78, 5) is 0. The van der Waals surface area contributed by atoms with Gasteiger partial charge in [-0.3, -0.25) is 0 Å². The van der Waals surface area contributed by atoms with Crippen LogP contribution in [0, 0.1) is 0 Å². The maximum atomic E-state index is 3.86. The van der Waals surface area contributed by atoms with Crippen LogP contribution in [0.4, 0.5) is 0 Å². The average molecular weight is 186 g/mol. The number of rotatable bonds is 3. The van der Waals surface area contributed by atoms with E-state index in [4.69, 9.17) is 0 Å². The summed E-state index contributed by atoms with van der Waals surface area (Å²) in [5.74, 6) is 0. The van der Waals surface area contributed by atoms with Gasteiger partial charge in [0.25, 0.3) is 0 Å². The smallest absolute Gasteiger partial charge is 0.0230 e. The molecule has 0 aromatic heterocycles. The molecular formula is C14H18. The van der Waals surface area contributed by atoms with Gasteiger partial charge in [0, 0.05) is 0 Å². The summed E-state index contributed by atoms with van der Waals surface area (Å²) in [6, 6.07) is 0. The van der Waals surface area contributed by atoms with E-state index in [2.05, 4.69) is 50.0 Å². The van der Waals surface area contributed by atoms with E-state index < -0.39 is 0 Å². The lowest BCUT2D eigenvalue weighted by Gasteiger charge is -2.07. The van der Waals surface area contributed by atoms with Crippen LogP contribution < -0.4 is 0 Å². The summed E-state index contributed by atoms with van der Waals surface area (Å²) < 4.78 is 0. The van der Waals surface area contributed by atoms with Crippen molar-refractivity contribution in [3.05, 3.63) is 59.8 Å². The molecule has 14 heavy (non-hydrogen) atoms. The van der Waals surface area contributed by atoms with Gasteiger partial charge in [-0.15, -0.1) is 0 Å². The number of allylic oxidation sites excluding steroid dienone is 9. The fourth-order valence-corrected chi connectivity index (χ4v) is 1.42. The third-order valence-corrected chi connectivity index (χ3v) is 2.19. The van der Waals surface area contributed by atoms with Crippen LogP contribution in [0.2, 0.25) is 0 Å². The highest BCUT2D eigenvalue weighted by Crippen LogP contribution is 2.19. The lowest BCUT2D eigenvalue weighted by molar-refractivity contribution is 1.02. The van der Waals surface area contributed by atoms with Gasteiger partial charge in [-0.2, -0.15) is 0 Å². The lowest BCUT2D eigenvalue weighted by Crippen LogP contribution is -1.87. The van der Waals surface area contributed by atoms with Crippen LogP contribution in [0.15, 0.2) is 59.8 Å². The number of hydrogen-bond acceptors (Lipinski definition) is 0. The first kappa shape index (κ1) is 10.8. The molecule has 0 N–H and O–H groups in total. The zero-order valence-corrected chi connectivity index (χ0v) is 9.09. The van der Waals surface area contributed by atoms with E-state index in [1.165, 1.54) is 17.6 Å². The summed E-state index contributed by atoms with van der Waals surface area (Å²) >= 11 is 0. The Kier molecular flexibility index (Phi) is 4.18. The zero-order chi connectivity index (χ0) is 10.4. The van der Waals surface area contributed by atoms with Crippen molar-refractivity contribution in [1.82, 2.24) is 0 Å². The van der Waals surface area contributed by atoms with Crippen molar-refractivity contribution in [3.8, 4) is 0 Å². The standard InChI is InChI=1S/C14H18/c1-4-13(11-10-12(2)3)14-8-6-5-7-9-14/h4,6,8-11H,2,5,7H2,1,3H3/b11-10-,13-4+. The van der Waals surface area contributed by atoms with Gasteiger partial charge in [-0.1, -0.05) is 48.6 Å². The summed E-state index contributed by atoms with van der Waals surface area (Å²) in [5.41, 5.74) is 3.70. The zero-order valence-electron chi connectivity index (χ0n) is 9.09. The van der Waals surface area contributed by atoms with Crippen LogP contribution in [0.25, 0.3) is 0 Å². The fraction of sp³-hybridized carbons (Fsp3) is 0.286. The predicted octanol–water partition coefficient (Wildman–Crippen LogP) is 4.34. The fourth-order valence-electron chi connectivity index (χ4n) is 1.42. The maximum absolute atomic E-state index is 3.86. The van der Waals surface area contributed by atoms with E-state index in [0.29, 0.717) is 0 Å². The lowest BCUT2D eigenvalue weighted by atomic mass is 9.98. The normalized spacial score (nSPS) is 17.3. The first-order chi connectivity index (χ1) is 6.74. The molecule has 1 aliphatic carbocycles. The molecule has 0 aliphatic heterocycles. The second kappa shape index (κ2) is 5.43. The van der Waals surface area contributed by atoms with Crippen molar-refractivity contribution in [2.24, 2.45) is 0 Å². The van der Waals surface area contributed by atoms with E-state index in [0.717, 1.165) is 12.0 Å². The Labute approximate surface area is 87.0 Å². The van der Waals surface area contributed by atoms with Gasteiger partial charge in [0.15, 0.2) is 0 Å². The van der Waals surface area contributed by atoms with Gasteiger partial charge in [0.1, 0.15) is 0 Å². The largest absolute Gasteiger partial charge is 0.0961 e. The molecule has 0 aromatic rings. The van der Waals surface area contributed by atoms with Gasteiger partial charge >= 0.3 is 0 Å². The van der Waals surface area contributed by atoms with E-state index in [1.807, 2.05) is 6.92 Å². The molecule has 0 unspecified atom stereocenters. The molecular weight excluding hydrogens is 168 g/mol. The minimum absolute atomic E-state index is 1.09. The highest BCUT2D eigenvalue weighted by Gasteiger charge is 1.99. The molecule has 74 valence electrons. The molecule has 0 aromatic carbocycles. The van der Waals surface area contributed by atoms with Gasteiger partial charge in [0.2, 0.25) is 0 Å². The molecule has 0 heteroatoms. The van der Waals surface area contributed by atoms with Crippen molar-refractivity contribution in [2.45, 2.75) is 26.7 Å². The molecule has 0 bridgehead atoms. The molecule has 1 rings (SSSR count). The maximum Gasteiger partial charge on any atom is -0.0230 e. The molecule has 0 fully saturated rings. The quantitative estimate of drug-likeness (QED) is 0.575. The predicted molar refractivity (Wildman–Crippen MR) is 64.2 cm³/mol. The second-order valence-electron chi connectivity index (χ2n) is 3.56. The van der Waals surface area contributed by atoms with Crippen LogP contribution in [0.1, 0.15) is 26.7 Å². The van der Waals surface area contributed by atoms with Crippen LogP contribution >= 0.6 is 0 Å². The molecule has 0 spiro atoms. The van der Waals surface area contributed by atoms with Crippen LogP contribution in [0.3, 0.4) is 0 Å². The van der Waals surface area contributed by atoms with Crippen LogP contribution in [-0.4, -0.2) is 0 Å². The van der Waals surface area contributed by atoms with Gasteiger partial charge in [-0.25, -0.2) is 0 Å². The van der Waals surface area contributed by atoms with Crippen molar-refractivity contribution >= 4 is 0 Å². The van der Waals surface area contributed by atoms with Gasteiger partial charge in [0.05, 0.1) is 0 Å². The minimum atomic E-state index is 1.09. The Hall–Kier alpha value is -1.30. The first-order valence-electron chi connectivity index (χ1n) is 5.11. The number of hydrogen-bond donors (Lipinski definition) is 0. The summed E-state index contributed by atoms with van der Waals surface area (Å²) in [6.07, 6.45) is 15.4. The van der Waals surface area contributed by atoms with Crippen LogP contribution in [-0.2, 0) is 0 Å². The van der Waals surface area contributed by atoms with E-state index in [1.54, 1.807) is 0 Å².